The van der Waals surface area contributed by atoms with Crippen molar-refractivity contribution < 1.29 is 9.53 Å². The van der Waals surface area contributed by atoms with E-state index in [0.29, 0.717) is 32.9 Å². The largest absolute Gasteiger partial charge is 0.494 e. The molecule has 0 unspecified atom stereocenters. The number of amides is 1. The van der Waals surface area contributed by atoms with Gasteiger partial charge in [-0.25, -0.2) is 0 Å². The molecule has 2 aromatic carbocycles. The zero-order valence-corrected chi connectivity index (χ0v) is 14.1. The van der Waals surface area contributed by atoms with Crippen molar-refractivity contribution in [3.63, 3.8) is 0 Å². The van der Waals surface area contributed by atoms with Crippen LogP contribution in [0.1, 0.15) is 23.7 Å². The summed E-state index contributed by atoms with van der Waals surface area (Å²) in [6.45, 7) is 2.67. The van der Waals surface area contributed by atoms with Crippen LogP contribution in [0.25, 0.3) is 0 Å². The number of carbonyl (C=O) groups is 1. The Bertz CT molecular complexity index is 672. The second-order valence-electron chi connectivity index (χ2n) is 4.57. The minimum absolute atomic E-state index is 0.290. The van der Waals surface area contributed by atoms with E-state index in [-0.39, 0.29) is 5.91 Å². The Morgan fingerprint density at radius 1 is 1.05 bits per heavy atom. The van der Waals surface area contributed by atoms with Crippen molar-refractivity contribution in [2.24, 2.45) is 0 Å². The van der Waals surface area contributed by atoms with E-state index in [0.717, 1.165) is 12.2 Å². The van der Waals surface area contributed by atoms with E-state index in [9.17, 15) is 4.79 Å². The van der Waals surface area contributed by atoms with Crippen molar-refractivity contribution in [2.45, 2.75) is 13.3 Å². The zero-order valence-electron chi connectivity index (χ0n) is 11.8. The molecule has 2 rings (SSSR count). The van der Waals surface area contributed by atoms with Crippen molar-refractivity contribution in [1.82, 2.24) is 0 Å². The fourth-order valence-corrected chi connectivity index (χ4v) is 2.33. The number of halogens is 3. The summed E-state index contributed by atoms with van der Waals surface area (Å²) in [5.74, 6) is 0.438. The van der Waals surface area contributed by atoms with E-state index in [2.05, 4.69) is 5.32 Å². The summed E-state index contributed by atoms with van der Waals surface area (Å²) in [5, 5.41) is 3.69. The molecule has 0 atom stereocenters. The van der Waals surface area contributed by atoms with Crippen LogP contribution in [0.2, 0.25) is 15.1 Å². The van der Waals surface area contributed by atoms with Gasteiger partial charge in [-0.3, -0.25) is 4.79 Å². The molecular weight excluding hydrogens is 345 g/mol. The van der Waals surface area contributed by atoms with E-state index in [1.807, 2.05) is 6.92 Å². The second kappa shape index (κ2) is 7.73. The van der Waals surface area contributed by atoms with Crippen molar-refractivity contribution in [3.8, 4) is 5.75 Å². The lowest BCUT2D eigenvalue weighted by atomic mass is 10.2. The van der Waals surface area contributed by atoms with Gasteiger partial charge in [-0.1, -0.05) is 41.7 Å². The van der Waals surface area contributed by atoms with E-state index in [4.69, 9.17) is 39.5 Å². The number of carbonyl (C=O) groups excluding carboxylic acids is 1. The highest BCUT2D eigenvalue weighted by atomic mass is 35.5. The fourth-order valence-electron chi connectivity index (χ4n) is 1.74. The molecule has 22 heavy (non-hydrogen) atoms. The van der Waals surface area contributed by atoms with Crippen LogP contribution in [0.4, 0.5) is 5.69 Å². The van der Waals surface area contributed by atoms with Crippen LogP contribution in [-0.2, 0) is 0 Å². The third-order valence-corrected chi connectivity index (χ3v) is 3.88. The average Bonchev–Trinajstić information content (AvgIpc) is 2.51. The normalized spacial score (nSPS) is 10.4. The molecule has 0 aliphatic rings. The summed E-state index contributed by atoms with van der Waals surface area (Å²) in [7, 11) is 0. The van der Waals surface area contributed by atoms with Crippen molar-refractivity contribution >= 4 is 46.4 Å². The molecular formula is C16H14Cl3NO2. The molecule has 0 bridgehead atoms. The number of benzene rings is 2. The highest BCUT2D eigenvalue weighted by molar-refractivity contribution is 6.44. The first kappa shape index (κ1) is 16.9. The molecule has 6 heteroatoms. The van der Waals surface area contributed by atoms with Gasteiger partial charge in [0.1, 0.15) is 5.75 Å². The van der Waals surface area contributed by atoms with E-state index >= 15 is 0 Å². The molecule has 0 saturated carbocycles. The molecule has 0 radical (unpaired) electrons. The summed E-state index contributed by atoms with van der Waals surface area (Å²) in [5.41, 5.74) is 0.901. The number of rotatable bonds is 5. The number of nitrogens with one attached hydrogen (secondary N) is 1. The molecule has 0 aliphatic heterocycles. The maximum Gasteiger partial charge on any atom is 0.255 e. The summed E-state index contributed by atoms with van der Waals surface area (Å²) in [6.07, 6.45) is 0.929. The number of ether oxygens (including phenoxy) is 1. The molecule has 0 fully saturated rings. The smallest absolute Gasteiger partial charge is 0.255 e. The first-order valence-corrected chi connectivity index (χ1v) is 7.83. The Hall–Kier alpha value is -1.42. The van der Waals surface area contributed by atoms with Crippen molar-refractivity contribution in [2.75, 3.05) is 11.9 Å². The lowest BCUT2D eigenvalue weighted by Crippen LogP contribution is -2.12. The van der Waals surface area contributed by atoms with Crippen LogP contribution in [0.15, 0.2) is 36.4 Å². The van der Waals surface area contributed by atoms with Gasteiger partial charge in [0.05, 0.1) is 27.4 Å². The quantitative estimate of drug-likeness (QED) is 0.697. The summed E-state index contributed by atoms with van der Waals surface area (Å²) in [4.78, 5) is 12.2. The predicted octanol–water partition coefficient (Wildman–Crippen LogP) is 5.69. The van der Waals surface area contributed by atoms with Crippen LogP contribution >= 0.6 is 34.8 Å². The van der Waals surface area contributed by atoms with E-state index in [1.54, 1.807) is 24.3 Å². The first-order chi connectivity index (χ1) is 10.5. The maximum atomic E-state index is 12.2. The van der Waals surface area contributed by atoms with Crippen LogP contribution in [-0.4, -0.2) is 12.5 Å². The van der Waals surface area contributed by atoms with Crippen LogP contribution in [0.3, 0.4) is 0 Å². The molecule has 0 aromatic heterocycles. The molecule has 1 N–H and O–H groups in total. The fraction of sp³-hybridized carbons (Fsp3) is 0.188. The van der Waals surface area contributed by atoms with Gasteiger partial charge >= 0.3 is 0 Å². The van der Waals surface area contributed by atoms with Crippen LogP contribution in [0, 0.1) is 0 Å². The first-order valence-electron chi connectivity index (χ1n) is 6.70. The third kappa shape index (κ3) is 4.29. The lowest BCUT2D eigenvalue weighted by molar-refractivity contribution is 0.102. The monoisotopic (exact) mass is 357 g/mol. The van der Waals surface area contributed by atoms with Crippen LogP contribution in [0.5, 0.6) is 5.75 Å². The molecule has 1 amide bonds. The zero-order chi connectivity index (χ0) is 16.1. The highest BCUT2D eigenvalue weighted by Crippen LogP contribution is 2.32. The minimum atomic E-state index is -0.290. The molecule has 0 aliphatic carbocycles. The standard InChI is InChI=1S/C16H14Cl3NO2/c1-2-7-22-11-5-3-10(4-6-11)16(21)20-15-9-13(18)12(17)8-14(15)19/h3-6,8-9H,2,7H2,1H3,(H,20,21). The maximum absolute atomic E-state index is 12.2. The molecule has 0 saturated heterocycles. The van der Waals surface area contributed by atoms with Gasteiger partial charge in [0, 0.05) is 5.56 Å². The lowest BCUT2D eigenvalue weighted by Gasteiger charge is -2.09. The molecule has 3 nitrogen and oxygen atoms in total. The SMILES string of the molecule is CCCOc1ccc(C(=O)Nc2cc(Cl)c(Cl)cc2Cl)cc1. The summed E-state index contributed by atoms with van der Waals surface area (Å²) in [6, 6.07) is 9.88. The van der Waals surface area contributed by atoms with Crippen molar-refractivity contribution in [3.05, 3.63) is 57.0 Å². The van der Waals surface area contributed by atoms with Crippen LogP contribution < -0.4 is 10.1 Å². The summed E-state index contributed by atoms with van der Waals surface area (Å²) >= 11 is 17.8. The highest BCUT2D eigenvalue weighted by Gasteiger charge is 2.11. The Morgan fingerprint density at radius 2 is 1.68 bits per heavy atom. The second-order valence-corrected chi connectivity index (χ2v) is 5.79. The Kier molecular flexibility index (Phi) is 5.95. The van der Waals surface area contributed by atoms with Crippen molar-refractivity contribution in [1.29, 1.82) is 0 Å². The number of anilines is 1. The van der Waals surface area contributed by atoms with E-state index in [1.165, 1.54) is 12.1 Å². The van der Waals surface area contributed by atoms with Gasteiger partial charge in [-0.2, -0.15) is 0 Å². The molecule has 0 spiro atoms. The average molecular weight is 359 g/mol. The van der Waals surface area contributed by atoms with Gasteiger partial charge in [0.2, 0.25) is 0 Å². The number of hydrogen-bond donors (Lipinski definition) is 1. The van der Waals surface area contributed by atoms with Gasteiger partial charge in [-0.15, -0.1) is 0 Å². The third-order valence-electron chi connectivity index (χ3n) is 2.85. The number of hydrogen-bond acceptors (Lipinski definition) is 2. The van der Waals surface area contributed by atoms with E-state index < -0.39 is 0 Å². The van der Waals surface area contributed by atoms with Gasteiger partial charge in [-0.05, 0) is 42.8 Å². The molecule has 116 valence electrons. The molecule has 0 heterocycles. The Balaban J connectivity index is 2.10. The van der Waals surface area contributed by atoms with Gasteiger partial charge in [0.25, 0.3) is 5.91 Å². The minimum Gasteiger partial charge on any atom is -0.494 e. The van der Waals surface area contributed by atoms with Gasteiger partial charge in [0.15, 0.2) is 0 Å². The topological polar surface area (TPSA) is 38.3 Å². The Labute approximate surface area is 144 Å². The molecule has 2 aromatic rings. The Morgan fingerprint density at radius 3 is 2.32 bits per heavy atom. The van der Waals surface area contributed by atoms with Gasteiger partial charge < -0.3 is 10.1 Å². The predicted molar refractivity (Wildman–Crippen MR) is 91.7 cm³/mol. The summed E-state index contributed by atoms with van der Waals surface area (Å²) < 4.78 is 5.47.